The number of anilines is 1. The van der Waals surface area contributed by atoms with Gasteiger partial charge in [-0.05, 0) is 61.9 Å². The van der Waals surface area contributed by atoms with E-state index >= 15 is 0 Å². The number of para-hydroxylation sites is 1. The number of fused-ring (bicyclic) bond motifs is 2. The van der Waals surface area contributed by atoms with Crippen LogP contribution in [0.25, 0.3) is 31.7 Å². The monoisotopic (exact) mass is 425 g/mol. The minimum atomic E-state index is -0.656. The minimum absolute atomic E-state index is 0.412. The fraction of sp³-hybridized carbons (Fsp3) is 0.0800. The molecule has 0 bridgehead atoms. The predicted octanol–water partition coefficient (Wildman–Crippen LogP) is 5.88. The summed E-state index contributed by atoms with van der Waals surface area (Å²) in [4.78, 5) is 33.3. The van der Waals surface area contributed by atoms with Crippen LogP contribution in [0.1, 0.15) is 21.6 Å². The molecule has 0 aliphatic heterocycles. The van der Waals surface area contributed by atoms with Crippen molar-refractivity contribution >= 4 is 49.8 Å². The molecule has 5 rings (SSSR count). The molecule has 2 aromatic heterocycles. The van der Waals surface area contributed by atoms with Crippen LogP contribution in [0.4, 0.5) is 5.69 Å². The summed E-state index contributed by atoms with van der Waals surface area (Å²) in [6.45, 7) is 3.87. The molecular formula is C25H19N3O2S. The van der Waals surface area contributed by atoms with Crippen LogP contribution in [0.15, 0.2) is 66.7 Å². The smallest absolute Gasteiger partial charge is 0.296 e. The molecule has 0 saturated heterocycles. The van der Waals surface area contributed by atoms with E-state index in [4.69, 9.17) is 0 Å². The molecule has 0 fully saturated rings. The second-order valence-corrected chi connectivity index (χ2v) is 8.55. The first-order valence-electron chi connectivity index (χ1n) is 9.90. The van der Waals surface area contributed by atoms with E-state index in [1.54, 1.807) is 30.4 Å². The SMILES string of the molecule is Cc1ccc2nc(-c3ccc(NC(=O)C(=O)c4c(C)[nH]c5ccccc45)cc3)sc2c1. The summed E-state index contributed by atoms with van der Waals surface area (Å²) in [7, 11) is 0. The Kier molecular flexibility index (Phi) is 4.64. The quantitative estimate of drug-likeness (QED) is 0.279. The van der Waals surface area contributed by atoms with Crippen molar-refractivity contribution in [2.45, 2.75) is 13.8 Å². The number of ketones is 1. The van der Waals surface area contributed by atoms with Crippen LogP contribution in [-0.4, -0.2) is 21.7 Å². The van der Waals surface area contributed by atoms with Gasteiger partial charge in [-0.25, -0.2) is 4.98 Å². The number of nitrogens with zero attached hydrogens (tertiary/aromatic N) is 1. The van der Waals surface area contributed by atoms with Crippen LogP contribution in [0, 0.1) is 13.8 Å². The van der Waals surface area contributed by atoms with Crippen LogP contribution in [0.5, 0.6) is 0 Å². The van der Waals surface area contributed by atoms with E-state index in [9.17, 15) is 9.59 Å². The summed E-state index contributed by atoms with van der Waals surface area (Å²) >= 11 is 1.63. The minimum Gasteiger partial charge on any atom is -0.358 e. The van der Waals surface area contributed by atoms with Gasteiger partial charge < -0.3 is 10.3 Å². The average molecular weight is 426 g/mol. The number of Topliss-reactive ketones (excluding diaryl/α,β-unsaturated/α-hetero) is 1. The lowest BCUT2D eigenvalue weighted by molar-refractivity contribution is -0.112. The van der Waals surface area contributed by atoms with Crippen molar-refractivity contribution in [2.24, 2.45) is 0 Å². The van der Waals surface area contributed by atoms with Gasteiger partial charge in [-0.3, -0.25) is 9.59 Å². The van der Waals surface area contributed by atoms with Crippen molar-refractivity contribution < 1.29 is 9.59 Å². The Morgan fingerprint density at radius 2 is 1.74 bits per heavy atom. The Balaban J connectivity index is 1.37. The van der Waals surface area contributed by atoms with Gasteiger partial charge in [0.1, 0.15) is 5.01 Å². The number of aryl methyl sites for hydroxylation is 2. The highest BCUT2D eigenvalue weighted by Gasteiger charge is 2.22. The number of hydrogen-bond donors (Lipinski definition) is 2. The normalized spacial score (nSPS) is 11.2. The summed E-state index contributed by atoms with van der Waals surface area (Å²) in [5.41, 5.74) is 5.65. The van der Waals surface area contributed by atoms with Crippen molar-refractivity contribution in [3.63, 3.8) is 0 Å². The highest BCUT2D eigenvalue weighted by molar-refractivity contribution is 7.21. The molecule has 3 aromatic carbocycles. The lowest BCUT2D eigenvalue weighted by Gasteiger charge is -2.06. The first-order chi connectivity index (χ1) is 15.0. The van der Waals surface area contributed by atoms with Crippen LogP contribution in [0.3, 0.4) is 0 Å². The van der Waals surface area contributed by atoms with E-state index in [1.807, 2.05) is 42.5 Å². The van der Waals surface area contributed by atoms with Crippen molar-refractivity contribution in [3.05, 3.63) is 83.6 Å². The van der Waals surface area contributed by atoms with E-state index in [1.165, 1.54) is 5.56 Å². The third-order valence-electron chi connectivity index (χ3n) is 5.26. The maximum atomic E-state index is 12.8. The Bertz CT molecular complexity index is 1460. The number of amides is 1. The van der Waals surface area contributed by atoms with E-state index in [0.29, 0.717) is 16.9 Å². The molecule has 31 heavy (non-hydrogen) atoms. The van der Waals surface area contributed by atoms with Gasteiger partial charge in [0.2, 0.25) is 0 Å². The number of aromatic amines is 1. The summed E-state index contributed by atoms with van der Waals surface area (Å²) in [6, 6.07) is 21.1. The first-order valence-corrected chi connectivity index (χ1v) is 10.7. The molecule has 0 saturated carbocycles. The molecule has 2 N–H and O–H groups in total. The zero-order valence-electron chi connectivity index (χ0n) is 17.0. The standard InChI is InChI=1S/C25H19N3O2S/c1-14-7-12-20-21(13-14)31-25(28-20)16-8-10-17(11-9-16)27-24(30)23(29)22-15(2)26-19-6-4-3-5-18(19)22/h3-13,26H,1-2H3,(H,27,30). The molecule has 0 spiro atoms. The molecule has 1 amide bonds. The summed E-state index contributed by atoms with van der Waals surface area (Å²) in [6.07, 6.45) is 0. The molecule has 0 atom stereocenters. The van der Waals surface area contributed by atoms with E-state index < -0.39 is 11.7 Å². The van der Waals surface area contributed by atoms with Crippen molar-refractivity contribution in [1.29, 1.82) is 0 Å². The average Bonchev–Trinajstić information content (AvgIpc) is 3.33. The Morgan fingerprint density at radius 1 is 0.968 bits per heavy atom. The van der Waals surface area contributed by atoms with Gasteiger partial charge in [-0.1, -0.05) is 24.3 Å². The number of aromatic nitrogens is 2. The number of rotatable bonds is 4. The number of carbonyl (C=O) groups is 2. The van der Waals surface area contributed by atoms with Crippen LogP contribution < -0.4 is 5.32 Å². The fourth-order valence-corrected chi connectivity index (χ4v) is 4.79. The first kappa shape index (κ1) is 19.2. The molecule has 0 aliphatic carbocycles. The third kappa shape index (κ3) is 3.51. The van der Waals surface area contributed by atoms with Gasteiger partial charge in [-0.2, -0.15) is 0 Å². The number of benzene rings is 3. The zero-order valence-corrected chi connectivity index (χ0v) is 17.8. The molecule has 5 aromatic rings. The second kappa shape index (κ2) is 7.49. The van der Waals surface area contributed by atoms with Gasteiger partial charge >= 0.3 is 0 Å². The Morgan fingerprint density at radius 3 is 2.55 bits per heavy atom. The van der Waals surface area contributed by atoms with E-state index in [-0.39, 0.29) is 0 Å². The molecule has 0 radical (unpaired) electrons. The molecule has 0 unspecified atom stereocenters. The van der Waals surface area contributed by atoms with E-state index in [0.717, 1.165) is 31.7 Å². The highest BCUT2D eigenvalue weighted by Crippen LogP contribution is 2.31. The molecule has 6 heteroatoms. The van der Waals surface area contributed by atoms with Crippen LogP contribution >= 0.6 is 11.3 Å². The second-order valence-electron chi connectivity index (χ2n) is 7.52. The summed E-state index contributed by atoms with van der Waals surface area (Å²) in [5, 5.41) is 4.39. The number of hydrogen-bond acceptors (Lipinski definition) is 4. The van der Waals surface area contributed by atoms with Gasteiger partial charge in [0.15, 0.2) is 0 Å². The lowest BCUT2D eigenvalue weighted by atomic mass is 10.1. The van der Waals surface area contributed by atoms with Crippen LogP contribution in [-0.2, 0) is 4.79 Å². The fourth-order valence-electron chi connectivity index (χ4n) is 3.72. The molecule has 2 heterocycles. The van der Waals surface area contributed by atoms with Gasteiger partial charge in [0.05, 0.1) is 15.8 Å². The molecule has 0 aliphatic rings. The maximum Gasteiger partial charge on any atom is 0.296 e. The number of thiazole rings is 1. The third-order valence-corrected chi connectivity index (χ3v) is 6.33. The Hall–Kier alpha value is -3.77. The molecule has 152 valence electrons. The molecule has 5 nitrogen and oxygen atoms in total. The summed E-state index contributed by atoms with van der Waals surface area (Å²) < 4.78 is 1.15. The van der Waals surface area contributed by atoms with Crippen molar-refractivity contribution in [2.75, 3.05) is 5.32 Å². The number of nitrogens with one attached hydrogen (secondary N) is 2. The predicted molar refractivity (Wildman–Crippen MR) is 126 cm³/mol. The van der Waals surface area contributed by atoms with Gasteiger partial charge in [0, 0.05) is 27.8 Å². The van der Waals surface area contributed by atoms with Crippen LogP contribution in [0.2, 0.25) is 0 Å². The largest absolute Gasteiger partial charge is 0.358 e. The molecular weight excluding hydrogens is 406 g/mol. The van der Waals surface area contributed by atoms with Gasteiger partial charge in [0.25, 0.3) is 11.7 Å². The lowest BCUT2D eigenvalue weighted by Crippen LogP contribution is -2.23. The van der Waals surface area contributed by atoms with E-state index in [2.05, 4.69) is 34.3 Å². The number of H-pyrrole nitrogens is 1. The topological polar surface area (TPSA) is 74.8 Å². The highest BCUT2D eigenvalue weighted by atomic mass is 32.1. The zero-order chi connectivity index (χ0) is 21.5. The van der Waals surface area contributed by atoms with Crippen molar-refractivity contribution in [1.82, 2.24) is 9.97 Å². The van der Waals surface area contributed by atoms with Crippen molar-refractivity contribution in [3.8, 4) is 10.6 Å². The maximum absolute atomic E-state index is 12.8. The van der Waals surface area contributed by atoms with Gasteiger partial charge in [-0.15, -0.1) is 11.3 Å². The number of carbonyl (C=O) groups excluding carboxylic acids is 2. The Labute approximate surface area is 182 Å². The summed E-state index contributed by atoms with van der Waals surface area (Å²) in [5.74, 6) is -1.21.